The lowest BCUT2D eigenvalue weighted by atomic mass is 10.0. The van der Waals surface area contributed by atoms with Crippen molar-refractivity contribution in [3.63, 3.8) is 0 Å². The van der Waals surface area contributed by atoms with Gasteiger partial charge in [0.2, 0.25) is 0 Å². The lowest BCUT2D eigenvalue weighted by Crippen LogP contribution is -2.26. The van der Waals surface area contributed by atoms with Crippen LogP contribution in [0.4, 0.5) is 0 Å². The molecule has 1 aliphatic heterocycles. The van der Waals surface area contributed by atoms with Crippen LogP contribution in [0.3, 0.4) is 0 Å². The molecule has 1 aromatic heterocycles. The predicted molar refractivity (Wildman–Crippen MR) is 76.5 cm³/mol. The van der Waals surface area contributed by atoms with Crippen molar-refractivity contribution < 1.29 is 0 Å². The summed E-state index contributed by atoms with van der Waals surface area (Å²) < 4.78 is 0. The quantitative estimate of drug-likeness (QED) is 0.901. The average molecular weight is 261 g/mol. The summed E-state index contributed by atoms with van der Waals surface area (Å²) in [5.74, 6) is 2.34. The SMILES string of the molecule is c1ccc2c(c1)CSCC2NCc1ccsc1. The fourth-order valence-corrected chi connectivity index (χ4v) is 3.99. The van der Waals surface area contributed by atoms with Gasteiger partial charge in [0, 0.05) is 24.1 Å². The molecule has 0 aliphatic carbocycles. The minimum atomic E-state index is 0.504. The monoisotopic (exact) mass is 261 g/mol. The molecule has 0 spiro atoms. The number of hydrogen-bond acceptors (Lipinski definition) is 3. The van der Waals surface area contributed by atoms with E-state index in [4.69, 9.17) is 0 Å². The van der Waals surface area contributed by atoms with Crippen molar-refractivity contribution in [2.75, 3.05) is 5.75 Å². The Balaban J connectivity index is 1.72. The van der Waals surface area contributed by atoms with Gasteiger partial charge in [-0.2, -0.15) is 23.1 Å². The van der Waals surface area contributed by atoms with Crippen LogP contribution in [0.1, 0.15) is 22.7 Å². The zero-order valence-electron chi connectivity index (χ0n) is 9.56. The smallest absolute Gasteiger partial charge is 0.0417 e. The van der Waals surface area contributed by atoms with Crippen molar-refractivity contribution in [2.45, 2.75) is 18.3 Å². The second-order valence-electron chi connectivity index (χ2n) is 4.28. The molecule has 1 unspecified atom stereocenters. The lowest BCUT2D eigenvalue weighted by molar-refractivity contribution is 0.576. The summed E-state index contributed by atoms with van der Waals surface area (Å²) >= 11 is 3.79. The molecule has 88 valence electrons. The average Bonchev–Trinajstić information content (AvgIpc) is 2.89. The second kappa shape index (κ2) is 5.25. The molecular weight excluding hydrogens is 246 g/mol. The molecule has 1 N–H and O–H groups in total. The highest BCUT2D eigenvalue weighted by Crippen LogP contribution is 2.31. The fourth-order valence-electron chi connectivity index (χ4n) is 2.19. The summed E-state index contributed by atoms with van der Waals surface area (Å²) in [5, 5.41) is 8.02. The van der Waals surface area contributed by atoms with Crippen LogP contribution < -0.4 is 5.32 Å². The topological polar surface area (TPSA) is 12.0 Å². The van der Waals surface area contributed by atoms with Crippen LogP contribution in [0.25, 0.3) is 0 Å². The minimum Gasteiger partial charge on any atom is -0.305 e. The predicted octanol–water partition coefficient (Wildman–Crippen LogP) is 3.83. The van der Waals surface area contributed by atoms with Gasteiger partial charge >= 0.3 is 0 Å². The van der Waals surface area contributed by atoms with E-state index >= 15 is 0 Å². The van der Waals surface area contributed by atoms with Gasteiger partial charge in [0.25, 0.3) is 0 Å². The molecule has 2 heterocycles. The third kappa shape index (κ3) is 2.57. The molecule has 0 bridgehead atoms. The summed E-state index contributed by atoms with van der Waals surface area (Å²) in [4.78, 5) is 0. The molecule has 1 aromatic carbocycles. The molecule has 3 heteroatoms. The molecule has 2 aromatic rings. The molecule has 0 radical (unpaired) electrons. The summed E-state index contributed by atoms with van der Waals surface area (Å²) in [6, 6.07) is 11.5. The van der Waals surface area contributed by atoms with Crippen LogP contribution in [0.15, 0.2) is 41.1 Å². The molecular formula is C14H15NS2. The number of nitrogens with one attached hydrogen (secondary N) is 1. The zero-order chi connectivity index (χ0) is 11.5. The van der Waals surface area contributed by atoms with Gasteiger partial charge in [-0.3, -0.25) is 0 Å². The maximum Gasteiger partial charge on any atom is 0.0417 e. The first kappa shape index (κ1) is 11.3. The Bertz CT molecular complexity index is 479. The highest BCUT2D eigenvalue weighted by atomic mass is 32.2. The van der Waals surface area contributed by atoms with Crippen molar-refractivity contribution in [1.29, 1.82) is 0 Å². The first-order valence-corrected chi connectivity index (χ1v) is 7.93. The maximum atomic E-state index is 3.67. The summed E-state index contributed by atoms with van der Waals surface area (Å²) in [6.07, 6.45) is 0. The van der Waals surface area contributed by atoms with E-state index in [9.17, 15) is 0 Å². The van der Waals surface area contributed by atoms with Crippen molar-refractivity contribution >= 4 is 23.1 Å². The Hall–Kier alpha value is -0.770. The zero-order valence-corrected chi connectivity index (χ0v) is 11.2. The molecule has 1 aliphatic rings. The fraction of sp³-hybridized carbons (Fsp3) is 0.286. The third-order valence-corrected chi connectivity index (χ3v) is 4.92. The number of thioether (sulfide) groups is 1. The number of rotatable bonds is 3. The van der Waals surface area contributed by atoms with E-state index in [1.54, 1.807) is 11.3 Å². The number of benzene rings is 1. The highest BCUT2D eigenvalue weighted by Gasteiger charge is 2.19. The van der Waals surface area contributed by atoms with E-state index < -0.39 is 0 Å². The van der Waals surface area contributed by atoms with E-state index in [1.807, 2.05) is 11.8 Å². The van der Waals surface area contributed by atoms with Crippen molar-refractivity contribution in [3.05, 3.63) is 57.8 Å². The minimum absolute atomic E-state index is 0.504. The molecule has 17 heavy (non-hydrogen) atoms. The van der Waals surface area contributed by atoms with Crippen LogP contribution in [-0.2, 0) is 12.3 Å². The summed E-state index contributed by atoms with van der Waals surface area (Å²) in [7, 11) is 0. The van der Waals surface area contributed by atoms with Gasteiger partial charge in [0.1, 0.15) is 0 Å². The van der Waals surface area contributed by atoms with Crippen molar-refractivity contribution in [1.82, 2.24) is 5.32 Å². The molecule has 0 amide bonds. The lowest BCUT2D eigenvalue weighted by Gasteiger charge is -2.26. The van der Waals surface area contributed by atoms with Crippen LogP contribution in [0.2, 0.25) is 0 Å². The molecule has 1 atom stereocenters. The largest absolute Gasteiger partial charge is 0.305 e. The molecule has 3 rings (SSSR count). The Labute approximate surface area is 110 Å². The van der Waals surface area contributed by atoms with Crippen LogP contribution in [-0.4, -0.2) is 5.75 Å². The van der Waals surface area contributed by atoms with Gasteiger partial charge in [-0.25, -0.2) is 0 Å². The van der Waals surface area contributed by atoms with Crippen molar-refractivity contribution in [3.8, 4) is 0 Å². The van der Waals surface area contributed by atoms with Gasteiger partial charge < -0.3 is 5.32 Å². The standard InChI is InChI=1S/C14H15NS2/c1-2-4-13-12(3-1)9-17-10-14(13)15-7-11-5-6-16-8-11/h1-6,8,14-15H,7,9-10H2. The summed E-state index contributed by atoms with van der Waals surface area (Å²) in [5.41, 5.74) is 4.37. The Morgan fingerprint density at radius 2 is 2.18 bits per heavy atom. The third-order valence-electron chi connectivity index (χ3n) is 3.11. The highest BCUT2D eigenvalue weighted by molar-refractivity contribution is 7.98. The van der Waals surface area contributed by atoms with Gasteiger partial charge in [-0.05, 0) is 33.5 Å². The first-order chi connectivity index (χ1) is 8.43. The molecule has 1 nitrogen and oxygen atoms in total. The Morgan fingerprint density at radius 1 is 1.24 bits per heavy atom. The molecule has 0 saturated heterocycles. The Morgan fingerprint density at radius 3 is 3.06 bits per heavy atom. The van der Waals surface area contributed by atoms with E-state index in [1.165, 1.54) is 22.4 Å². The maximum absolute atomic E-state index is 3.67. The van der Waals surface area contributed by atoms with Crippen molar-refractivity contribution in [2.24, 2.45) is 0 Å². The normalized spacial score (nSPS) is 18.9. The van der Waals surface area contributed by atoms with Gasteiger partial charge in [-0.1, -0.05) is 24.3 Å². The second-order valence-corrected chi connectivity index (χ2v) is 6.09. The van der Waals surface area contributed by atoms with E-state index in [2.05, 4.69) is 46.4 Å². The molecule has 0 fully saturated rings. The van der Waals surface area contributed by atoms with E-state index in [0.717, 1.165) is 12.3 Å². The van der Waals surface area contributed by atoms with Gasteiger partial charge in [0.15, 0.2) is 0 Å². The number of fused-ring (bicyclic) bond motifs is 1. The van der Waals surface area contributed by atoms with Crippen LogP contribution in [0, 0.1) is 0 Å². The number of hydrogen-bond donors (Lipinski definition) is 1. The summed E-state index contributed by atoms with van der Waals surface area (Å²) in [6.45, 7) is 0.975. The van der Waals surface area contributed by atoms with Gasteiger partial charge in [0.05, 0.1) is 0 Å². The van der Waals surface area contributed by atoms with E-state index in [0.29, 0.717) is 6.04 Å². The first-order valence-electron chi connectivity index (χ1n) is 5.83. The Kier molecular flexibility index (Phi) is 3.50. The van der Waals surface area contributed by atoms with Crippen LogP contribution in [0.5, 0.6) is 0 Å². The van der Waals surface area contributed by atoms with E-state index in [-0.39, 0.29) is 0 Å². The molecule has 0 saturated carbocycles. The van der Waals surface area contributed by atoms with Gasteiger partial charge in [-0.15, -0.1) is 0 Å². The number of thiophene rings is 1. The van der Waals surface area contributed by atoms with Crippen LogP contribution >= 0.6 is 23.1 Å².